The molecule has 1 unspecified atom stereocenters. The molecule has 1 saturated carbocycles. The normalized spacial score (nSPS) is 16.8. The lowest BCUT2D eigenvalue weighted by Gasteiger charge is -2.17. The van der Waals surface area contributed by atoms with Gasteiger partial charge in [-0.3, -0.25) is 9.36 Å². The number of aromatic amines is 1. The first-order chi connectivity index (χ1) is 8.99. The lowest BCUT2D eigenvalue weighted by atomic mass is 10.3. The third kappa shape index (κ3) is 3.60. The van der Waals surface area contributed by atoms with E-state index in [2.05, 4.69) is 15.5 Å². The maximum Gasteiger partial charge on any atom is 0.344 e. The van der Waals surface area contributed by atoms with E-state index in [0.717, 1.165) is 12.8 Å². The number of rotatable bonds is 7. The van der Waals surface area contributed by atoms with E-state index in [1.54, 1.807) is 4.57 Å². The highest BCUT2D eigenvalue weighted by atomic mass is 32.2. The molecule has 106 valence electrons. The minimum Gasteiger partial charge on any atom is -0.368 e. The third-order valence-corrected chi connectivity index (χ3v) is 3.89. The standard InChI is InChI=1S/C11H19N5O2S/c1-6(2)13-8(9(12)17)5-19-11-15-14-10(18)16(11)7-3-4-7/h6-8,13H,3-5H2,1-2H3,(H2,12,17)(H,14,18). The Morgan fingerprint density at radius 2 is 2.32 bits per heavy atom. The number of thioether (sulfide) groups is 1. The van der Waals surface area contributed by atoms with Gasteiger partial charge in [0.15, 0.2) is 5.16 Å². The van der Waals surface area contributed by atoms with E-state index in [1.807, 2.05) is 13.8 Å². The molecule has 7 nitrogen and oxygen atoms in total. The molecule has 0 radical (unpaired) electrons. The van der Waals surface area contributed by atoms with E-state index in [4.69, 9.17) is 5.73 Å². The van der Waals surface area contributed by atoms with Crippen molar-refractivity contribution in [2.75, 3.05) is 5.75 Å². The zero-order valence-corrected chi connectivity index (χ0v) is 11.9. The van der Waals surface area contributed by atoms with Gasteiger partial charge in [-0.25, -0.2) is 9.89 Å². The molecular formula is C11H19N5O2S. The summed E-state index contributed by atoms with van der Waals surface area (Å²) in [5.74, 6) is 0.0712. The molecule has 8 heteroatoms. The van der Waals surface area contributed by atoms with Crippen molar-refractivity contribution in [3.8, 4) is 0 Å². The summed E-state index contributed by atoms with van der Waals surface area (Å²) in [5.41, 5.74) is 5.17. The van der Waals surface area contributed by atoms with Crippen molar-refractivity contribution in [3.63, 3.8) is 0 Å². The molecule has 0 saturated heterocycles. The number of aromatic nitrogens is 3. The molecule has 4 N–H and O–H groups in total. The summed E-state index contributed by atoms with van der Waals surface area (Å²) in [6.07, 6.45) is 2.02. The number of carbonyl (C=O) groups excluding carboxylic acids is 1. The van der Waals surface area contributed by atoms with Crippen LogP contribution in [0.4, 0.5) is 0 Å². The fraction of sp³-hybridized carbons (Fsp3) is 0.727. The van der Waals surface area contributed by atoms with Crippen LogP contribution in [0.1, 0.15) is 32.7 Å². The van der Waals surface area contributed by atoms with Gasteiger partial charge >= 0.3 is 5.69 Å². The van der Waals surface area contributed by atoms with Crippen LogP contribution in [-0.4, -0.2) is 38.5 Å². The van der Waals surface area contributed by atoms with Crippen LogP contribution in [0.15, 0.2) is 9.95 Å². The van der Waals surface area contributed by atoms with Crippen molar-refractivity contribution in [2.24, 2.45) is 5.73 Å². The van der Waals surface area contributed by atoms with Gasteiger partial charge in [0.2, 0.25) is 5.91 Å². The minimum atomic E-state index is -0.426. The Labute approximate surface area is 115 Å². The molecule has 1 aromatic rings. The average Bonchev–Trinajstić information content (AvgIpc) is 3.08. The second-order valence-corrected chi connectivity index (χ2v) is 5.99. The van der Waals surface area contributed by atoms with Gasteiger partial charge in [-0.15, -0.1) is 5.10 Å². The van der Waals surface area contributed by atoms with Crippen LogP contribution in [0.2, 0.25) is 0 Å². The van der Waals surface area contributed by atoms with Crippen LogP contribution in [0.25, 0.3) is 0 Å². The Bertz CT molecular complexity index is 505. The zero-order chi connectivity index (χ0) is 14.0. The number of hydrogen-bond acceptors (Lipinski definition) is 5. The van der Waals surface area contributed by atoms with E-state index in [-0.39, 0.29) is 17.8 Å². The van der Waals surface area contributed by atoms with Gasteiger partial charge in [0.1, 0.15) is 0 Å². The predicted molar refractivity (Wildman–Crippen MR) is 73.1 cm³/mol. The van der Waals surface area contributed by atoms with Crippen LogP contribution >= 0.6 is 11.8 Å². The highest BCUT2D eigenvalue weighted by Gasteiger charge is 2.29. The average molecular weight is 285 g/mol. The van der Waals surface area contributed by atoms with Crippen molar-refractivity contribution in [1.82, 2.24) is 20.1 Å². The van der Waals surface area contributed by atoms with Crippen LogP contribution in [0, 0.1) is 0 Å². The Morgan fingerprint density at radius 3 is 2.84 bits per heavy atom. The molecule has 1 aliphatic rings. The second kappa shape index (κ2) is 5.79. The Hall–Kier alpha value is -1.28. The molecule has 1 atom stereocenters. The van der Waals surface area contributed by atoms with Crippen LogP contribution in [0.5, 0.6) is 0 Å². The van der Waals surface area contributed by atoms with Gasteiger partial charge in [-0.05, 0) is 12.8 Å². The molecule has 1 fully saturated rings. The first-order valence-electron chi connectivity index (χ1n) is 6.34. The van der Waals surface area contributed by atoms with Gasteiger partial charge in [0.05, 0.1) is 6.04 Å². The van der Waals surface area contributed by atoms with E-state index >= 15 is 0 Å². The van der Waals surface area contributed by atoms with Crippen molar-refractivity contribution in [2.45, 2.75) is 50.0 Å². The number of nitrogens with one attached hydrogen (secondary N) is 2. The molecule has 1 amide bonds. The molecule has 1 aliphatic carbocycles. The van der Waals surface area contributed by atoms with Gasteiger partial charge in [-0.2, -0.15) is 0 Å². The Kier molecular flexibility index (Phi) is 4.31. The van der Waals surface area contributed by atoms with Crippen LogP contribution < -0.4 is 16.7 Å². The molecule has 2 rings (SSSR count). The molecule has 1 heterocycles. The molecule has 1 aromatic heterocycles. The summed E-state index contributed by atoms with van der Waals surface area (Å²) in [5, 5.41) is 10.2. The number of H-pyrrole nitrogens is 1. The Balaban J connectivity index is 2.00. The summed E-state index contributed by atoms with van der Waals surface area (Å²) >= 11 is 1.37. The molecule has 0 aliphatic heterocycles. The highest BCUT2D eigenvalue weighted by Crippen LogP contribution is 2.36. The largest absolute Gasteiger partial charge is 0.368 e. The van der Waals surface area contributed by atoms with Crippen molar-refractivity contribution < 1.29 is 4.79 Å². The van der Waals surface area contributed by atoms with Gasteiger partial charge in [-0.1, -0.05) is 25.6 Å². The van der Waals surface area contributed by atoms with Crippen LogP contribution in [-0.2, 0) is 4.79 Å². The van der Waals surface area contributed by atoms with Crippen molar-refractivity contribution in [1.29, 1.82) is 0 Å². The van der Waals surface area contributed by atoms with Gasteiger partial charge < -0.3 is 11.1 Å². The summed E-state index contributed by atoms with van der Waals surface area (Å²) in [4.78, 5) is 22.9. The summed E-state index contributed by atoms with van der Waals surface area (Å²) in [6.45, 7) is 3.91. The number of amides is 1. The predicted octanol–water partition coefficient (Wildman–Crippen LogP) is -0.150. The SMILES string of the molecule is CC(C)NC(CSc1n[nH]c(=O)n1C1CC1)C(N)=O. The lowest BCUT2D eigenvalue weighted by Crippen LogP contribution is -2.46. The number of nitrogens with two attached hydrogens (primary N) is 1. The van der Waals surface area contributed by atoms with Crippen molar-refractivity contribution >= 4 is 17.7 Å². The summed E-state index contributed by atoms with van der Waals surface area (Å²) in [6, 6.07) is 0.00574. The highest BCUT2D eigenvalue weighted by molar-refractivity contribution is 7.99. The fourth-order valence-corrected chi connectivity index (χ4v) is 2.88. The Morgan fingerprint density at radius 1 is 1.63 bits per heavy atom. The summed E-state index contributed by atoms with van der Waals surface area (Å²) < 4.78 is 1.66. The maximum atomic E-state index is 11.6. The molecular weight excluding hydrogens is 266 g/mol. The first-order valence-corrected chi connectivity index (χ1v) is 7.32. The number of primary amides is 1. The molecule has 19 heavy (non-hydrogen) atoms. The molecule has 0 aromatic carbocycles. The first kappa shape index (κ1) is 14.1. The third-order valence-electron chi connectivity index (χ3n) is 2.84. The quantitative estimate of drug-likeness (QED) is 0.604. The zero-order valence-electron chi connectivity index (χ0n) is 11.0. The lowest BCUT2D eigenvalue weighted by molar-refractivity contribution is -0.119. The minimum absolute atomic E-state index is 0.169. The summed E-state index contributed by atoms with van der Waals surface area (Å²) in [7, 11) is 0. The fourth-order valence-electron chi connectivity index (χ4n) is 1.82. The number of hydrogen-bond donors (Lipinski definition) is 3. The molecule has 0 spiro atoms. The van der Waals surface area contributed by atoms with E-state index in [9.17, 15) is 9.59 Å². The van der Waals surface area contributed by atoms with Crippen molar-refractivity contribution in [3.05, 3.63) is 10.5 Å². The number of nitrogens with zero attached hydrogens (tertiary/aromatic N) is 2. The van der Waals surface area contributed by atoms with E-state index < -0.39 is 11.9 Å². The second-order valence-electron chi connectivity index (χ2n) is 5.00. The molecule has 0 bridgehead atoms. The smallest absolute Gasteiger partial charge is 0.344 e. The van der Waals surface area contributed by atoms with Gasteiger partial charge in [0.25, 0.3) is 0 Å². The van der Waals surface area contributed by atoms with Crippen LogP contribution in [0.3, 0.4) is 0 Å². The maximum absolute atomic E-state index is 11.6. The monoisotopic (exact) mass is 285 g/mol. The number of carbonyl (C=O) groups is 1. The van der Waals surface area contributed by atoms with E-state index in [0.29, 0.717) is 10.9 Å². The van der Waals surface area contributed by atoms with E-state index in [1.165, 1.54) is 11.8 Å². The topological polar surface area (TPSA) is 106 Å². The van der Waals surface area contributed by atoms with Gasteiger partial charge in [0, 0.05) is 17.8 Å².